The predicted molar refractivity (Wildman–Crippen MR) is 91.8 cm³/mol. The van der Waals surface area contributed by atoms with E-state index in [1.807, 2.05) is 31.2 Å². The Morgan fingerprint density at radius 2 is 1.71 bits per heavy atom. The Bertz CT molecular complexity index is 777. The van der Waals surface area contributed by atoms with E-state index in [4.69, 9.17) is 9.47 Å². The summed E-state index contributed by atoms with van der Waals surface area (Å²) in [5, 5.41) is 0. The van der Waals surface area contributed by atoms with Gasteiger partial charge in [-0.1, -0.05) is 37.3 Å². The molecule has 0 saturated heterocycles. The van der Waals surface area contributed by atoms with E-state index in [0.29, 0.717) is 29.5 Å². The maximum atomic E-state index is 12.9. The molecule has 1 heterocycles. The first-order valence-electron chi connectivity index (χ1n) is 8.05. The fourth-order valence-corrected chi connectivity index (χ4v) is 4.27. The van der Waals surface area contributed by atoms with Gasteiger partial charge in [0.1, 0.15) is 12.7 Å². The van der Waals surface area contributed by atoms with Crippen LogP contribution in [-0.2, 0) is 10.0 Å². The number of para-hydroxylation sites is 2. The van der Waals surface area contributed by atoms with Crippen LogP contribution in [0.5, 0.6) is 11.5 Å². The molecule has 0 N–H and O–H groups in total. The van der Waals surface area contributed by atoms with E-state index >= 15 is 0 Å². The van der Waals surface area contributed by atoms with Crippen molar-refractivity contribution in [3.63, 3.8) is 0 Å². The SMILES string of the molecule is CCCN(CC1COc2ccccc2O1)S(=O)(=O)c1ccccc1. The van der Waals surface area contributed by atoms with Crippen molar-refractivity contribution in [2.45, 2.75) is 24.3 Å². The molecular formula is C18H21NO4S. The third-order valence-electron chi connectivity index (χ3n) is 3.83. The summed E-state index contributed by atoms with van der Waals surface area (Å²) in [4.78, 5) is 0.301. The summed E-state index contributed by atoms with van der Waals surface area (Å²) >= 11 is 0. The zero-order valence-electron chi connectivity index (χ0n) is 13.6. The van der Waals surface area contributed by atoms with E-state index in [2.05, 4.69) is 0 Å². The van der Waals surface area contributed by atoms with E-state index in [9.17, 15) is 8.42 Å². The number of benzene rings is 2. The molecule has 0 radical (unpaired) electrons. The van der Waals surface area contributed by atoms with Crippen molar-refractivity contribution in [1.82, 2.24) is 4.31 Å². The molecule has 1 aliphatic heterocycles. The highest BCUT2D eigenvalue weighted by molar-refractivity contribution is 7.89. The summed E-state index contributed by atoms with van der Waals surface area (Å²) in [6.07, 6.45) is 0.404. The number of fused-ring (bicyclic) bond motifs is 1. The Labute approximate surface area is 142 Å². The zero-order chi connectivity index (χ0) is 17.0. The Hall–Kier alpha value is -2.05. The van der Waals surface area contributed by atoms with Gasteiger partial charge in [0.15, 0.2) is 11.5 Å². The molecule has 5 nitrogen and oxygen atoms in total. The highest BCUT2D eigenvalue weighted by Crippen LogP contribution is 2.31. The molecule has 1 aliphatic rings. The first kappa shape index (κ1) is 16.8. The summed E-state index contributed by atoms with van der Waals surface area (Å²) in [6.45, 7) is 3.00. The molecule has 0 saturated carbocycles. The highest BCUT2D eigenvalue weighted by atomic mass is 32.2. The molecule has 0 bridgehead atoms. The molecule has 0 aliphatic carbocycles. The van der Waals surface area contributed by atoms with Crippen LogP contribution in [0.25, 0.3) is 0 Å². The average Bonchev–Trinajstić information content (AvgIpc) is 2.62. The Balaban J connectivity index is 1.78. The van der Waals surface area contributed by atoms with Crippen molar-refractivity contribution >= 4 is 10.0 Å². The van der Waals surface area contributed by atoms with E-state index in [-0.39, 0.29) is 12.6 Å². The minimum absolute atomic E-state index is 0.263. The van der Waals surface area contributed by atoms with Gasteiger partial charge in [0, 0.05) is 6.54 Å². The Morgan fingerprint density at radius 3 is 2.42 bits per heavy atom. The first-order valence-corrected chi connectivity index (χ1v) is 9.49. The Kier molecular flexibility index (Phi) is 5.06. The fourth-order valence-electron chi connectivity index (χ4n) is 2.68. The normalized spacial score (nSPS) is 17.0. The summed E-state index contributed by atoms with van der Waals surface area (Å²) < 4.78 is 38.8. The number of nitrogens with zero attached hydrogens (tertiary/aromatic N) is 1. The summed E-state index contributed by atoms with van der Waals surface area (Å²) in [5.74, 6) is 1.35. The largest absolute Gasteiger partial charge is 0.486 e. The topological polar surface area (TPSA) is 55.8 Å². The second-order valence-electron chi connectivity index (χ2n) is 5.67. The van der Waals surface area contributed by atoms with Gasteiger partial charge in [-0.25, -0.2) is 8.42 Å². The second-order valence-corrected chi connectivity index (χ2v) is 7.61. The number of hydrogen-bond donors (Lipinski definition) is 0. The van der Waals surface area contributed by atoms with Crippen LogP contribution >= 0.6 is 0 Å². The van der Waals surface area contributed by atoms with Crippen LogP contribution in [0.1, 0.15) is 13.3 Å². The van der Waals surface area contributed by atoms with Gasteiger partial charge in [-0.2, -0.15) is 4.31 Å². The van der Waals surface area contributed by atoms with E-state index < -0.39 is 10.0 Å². The lowest BCUT2D eigenvalue weighted by molar-refractivity contribution is 0.0764. The van der Waals surface area contributed by atoms with E-state index in [0.717, 1.165) is 6.42 Å². The molecule has 0 spiro atoms. The lowest BCUT2D eigenvalue weighted by Gasteiger charge is -2.30. The average molecular weight is 347 g/mol. The van der Waals surface area contributed by atoms with Crippen LogP contribution in [0.2, 0.25) is 0 Å². The van der Waals surface area contributed by atoms with Gasteiger partial charge in [0.05, 0.1) is 11.4 Å². The monoisotopic (exact) mass is 347 g/mol. The van der Waals surface area contributed by atoms with Gasteiger partial charge < -0.3 is 9.47 Å². The minimum Gasteiger partial charge on any atom is -0.486 e. The van der Waals surface area contributed by atoms with Crippen LogP contribution < -0.4 is 9.47 Å². The van der Waals surface area contributed by atoms with Crippen molar-refractivity contribution in [3.8, 4) is 11.5 Å². The van der Waals surface area contributed by atoms with Crippen LogP contribution in [0, 0.1) is 0 Å². The van der Waals surface area contributed by atoms with E-state index in [1.165, 1.54) is 4.31 Å². The lowest BCUT2D eigenvalue weighted by Crippen LogP contribution is -2.43. The van der Waals surface area contributed by atoms with Gasteiger partial charge in [-0.3, -0.25) is 0 Å². The highest BCUT2D eigenvalue weighted by Gasteiger charge is 2.29. The second kappa shape index (κ2) is 7.23. The molecule has 1 atom stereocenters. The molecule has 2 aromatic rings. The van der Waals surface area contributed by atoms with Crippen molar-refractivity contribution in [2.24, 2.45) is 0 Å². The van der Waals surface area contributed by atoms with Crippen molar-refractivity contribution in [3.05, 3.63) is 54.6 Å². The van der Waals surface area contributed by atoms with Crippen LogP contribution in [0.15, 0.2) is 59.5 Å². The number of ether oxygens (including phenoxy) is 2. The molecule has 1 unspecified atom stereocenters. The molecule has 2 aromatic carbocycles. The standard InChI is InChI=1S/C18H21NO4S/c1-2-12-19(24(20,21)16-8-4-3-5-9-16)13-15-14-22-17-10-6-7-11-18(17)23-15/h3-11,15H,2,12-14H2,1H3. The number of sulfonamides is 1. The predicted octanol–water partition coefficient (Wildman–Crippen LogP) is 2.93. The maximum absolute atomic E-state index is 12.9. The Morgan fingerprint density at radius 1 is 1.04 bits per heavy atom. The fraction of sp³-hybridized carbons (Fsp3) is 0.333. The molecule has 6 heteroatoms. The molecule has 0 fully saturated rings. The van der Waals surface area contributed by atoms with Crippen LogP contribution in [0.3, 0.4) is 0 Å². The first-order chi connectivity index (χ1) is 11.6. The van der Waals surface area contributed by atoms with Crippen molar-refractivity contribution < 1.29 is 17.9 Å². The minimum atomic E-state index is -3.54. The van der Waals surface area contributed by atoms with E-state index in [1.54, 1.807) is 30.3 Å². The molecular weight excluding hydrogens is 326 g/mol. The molecule has 0 amide bonds. The van der Waals surface area contributed by atoms with Crippen LogP contribution in [-0.4, -0.2) is 38.5 Å². The molecule has 24 heavy (non-hydrogen) atoms. The summed E-state index contributed by atoms with van der Waals surface area (Å²) in [6, 6.07) is 15.9. The van der Waals surface area contributed by atoms with Gasteiger partial charge >= 0.3 is 0 Å². The van der Waals surface area contributed by atoms with Gasteiger partial charge in [0.25, 0.3) is 0 Å². The lowest BCUT2D eigenvalue weighted by atomic mass is 10.2. The molecule has 0 aromatic heterocycles. The summed E-state index contributed by atoms with van der Waals surface area (Å²) in [7, 11) is -3.54. The summed E-state index contributed by atoms with van der Waals surface area (Å²) in [5.41, 5.74) is 0. The molecule has 3 rings (SSSR count). The van der Waals surface area contributed by atoms with Crippen molar-refractivity contribution in [2.75, 3.05) is 19.7 Å². The quantitative estimate of drug-likeness (QED) is 0.806. The maximum Gasteiger partial charge on any atom is 0.243 e. The third kappa shape index (κ3) is 3.55. The number of hydrogen-bond acceptors (Lipinski definition) is 4. The van der Waals surface area contributed by atoms with Gasteiger partial charge in [-0.15, -0.1) is 0 Å². The van der Waals surface area contributed by atoms with Gasteiger partial charge in [-0.05, 0) is 30.7 Å². The number of rotatable bonds is 6. The van der Waals surface area contributed by atoms with Gasteiger partial charge in [0.2, 0.25) is 10.0 Å². The molecule has 128 valence electrons. The van der Waals surface area contributed by atoms with Crippen LogP contribution in [0.4, 0.5) is 0 Å². The van der Waals surface area contributed by atoms with Crippen molar-refractivity contribution in [1.29, 1.82) is 0 Å². The smallest absolute Gasteiger partial charge is 0.243 e. The third-order valence-corrected chi connectivity index (χ3v) is 5.71. The zero-order valence-corrected chi connectivity index (χ0v) is 14.4.